The molecule has 10 nitrogen and oxygen atoms in total. The SMILES string of the molecule is CC(C)C[C@H](NC(=O)[C@@H](N)CC(N)=O)C(=O)C(=O)[C@@H](N)CCC(N)=O. The van der Waals surface area contributed by atoms with Crippen LogP contribution in [0.25, 0.3) is 0 Å². The van der Waals surface area contributed by atoms with Gasteiger partial charge in [-0.1, -0.05) is 13.8 Å². The fraction of sp³-hybridized carbons (Fsp3) is 0.667. The predicted octanol–water partition coefficient (Wildman–Crippen LogP) is -2.55. The molecule has 0 aliphatic heterocycles. The molecule has 142 valence electrons. The van der Waals surface area contributed by atoms with Crippen LogP contribution in [-0.2, 0) is 24.0 Å². The molecule has 0 heterocycles. The summed E-state index contributed by atoms with van der Waals surface area (Å²) in [6.45, 7) is 3.60. The van der Waals surface area contributed by atoms with Crippen LogP contribution >= 0.6 is 0 Å². The maximum atomic E-state index is 12.4. The van der Waals surface area contributed by atoms with Crippen molar-refractivity contribution in [1.29, 1.82) is 0 Å². The Balaban J connectivity index is 5.02. The van der Waals surface area contributed by atoms with Crippen LogP contribution in [0.2, 0.25) is 0 Å². The molecule has 3 atom stereocenters. The lowest BCUT2D eigenvalue weighted by Gasteiger charge is -2.22. The smallest absolute Gasteiger partial charge is 0.238 e. The molecule has 0 aromatic carbocycles. The van der Waals surface area contributed by atoms with Crippen molar-refractivity contribution in [3.8, 4) is 0 Å². The van der Waals surface area contributed by atoms with Crippen molar-refractivity contribution >= 4 is 29.3 Å². The first-order valence-electron chi connectivity index (χ1n) is 7.91. The van der Waals surface area contributed by atoms with Crippen molar-refractivity contribution in [1.82, 2.24) is 5.32 Å². The van der Waals surface area contributed by atoms with Gasteiger partial charge in [0.25, 0.3) is 0 Å². The van der Waals surface area contributed by atoms with E-state index >= 15 is 0 Å². The standard InChI is InChI=1S/C15H27N5O5/c1-7(2)5-10(20-15(25)9(17)6-12(19)22)14(24)13(23)8(16)3-4-11(18)21/h7-10H,3-6,16-17H2,1-2H3,(H2,18,21)(H2,19,22)(H,20,25)/t8-,9-,10-/m0/s1. The van der Waals surface area contributed by atoms with E-state index in [1.165, 1.54) is 0 Å². The summed E-state index contributed by atoms with van der Waals surface area (Å²) in [5, 5.41) is 2.36. The number of nitrogens with one attached hydrogen (secondary N) is 1. The summed E-state index contributed by atoms with van der Waals surface area (Å²) in [7, 11) is 0. The summed E-state index contributed by atoms with van der Waals surface area (Å²) in [6, 6.07) is -3.54. The molecule has 0 aromatic heterocycles. The highest BCUT2D eigenvalue weighted by atomic mass is 16.2. The first-order chi connectivity index (χ1) is 11.5. The van der Waals surface area contributed by atoms with Gasteiger partial charge in [0.15, 0.2) is 0 Å². The Kier molecular flexibility index (Phi) is 9.54. The van der Waals surface area contributed by atoms with Crippen molar-refractivity contribution < 1.29 is 24.0 Å². The van der Waals surface area contributed by atoms with Gasteiger partial charge in [0, 0.05) is 6.42 Å². The number of carbonyl (C=O) groups excluding carboxylic acids is 5. The quantitative estimate of drug-likeness (QED) is 0.236. The fourth-order valence-electron chi connectivity index (χ4n) is 2.07. The molecule has 0 aromatic rings. The van der Waals surface area contributed by atoms with Gasteiger partial charge in [0.1, 0.15) is 0 Å². The van der Waals surface area contributed by atoms with E-state index in [0.717, 1.165) is 0 Å². The molecule has 10 heteroatoms. The van der Waals surface area contributed by atoms with Crippen LogP contribution in [0.15, 0.2) is 0 Å². The van der Waals surface area contributed by atoms with E-state index in [9.17, 15) is 24.0 Å². The minimum atomic E-state index is -1.22. The molecule has 9 N–H and O–H groups in total. The number of amides is 3. The van der Waals surface area contributed by atoms with Gasteiger partial charge in [-0.05, 0) is 18.8 Å². The van der Waals surface area contributed by atoms with E-state index in [-0.39, 0.29) is 31.6 Å². The van der Waals surface area contributed by atoms with Crippen LogP contribution in [0, 0.1) is 5.92 Å². The van der Waals surface area contributed by atoms with Gasteiger partial charge in [-0.15, -0.1) is 0 Å². The van der Waals surface area contributed by atoms with Gasteiger partial charge in [-0.2, -0.15) is 0 Å². The first-order valence-corrected chi connectivity index (χ1v) is 7.91. The number of carbonyl (C=O) groups is 5. The van der Waals surface area contributed by atoms with Crippen molar-refractivity contribution in [3.63, 3.8) is 0 Å². The Morgan fingerprint density at radius 2 is 1.44 bits per heavy atom. The highest BCUT2D eigenvalue weighted by Crippen LogP contribution is 2.09. The van der Waals surface area contributed by atoms with E-state index in [2.05, 4.69) is 5.32 Å². The van der Waals surface area contributed by atoms with Crippen LogP contribution in [0.1, 0.15) is 39.5 Å². The molecule has 0 saturated heterocycles. The second-order valence-corrected chi connectivity index (χ2v) is 6.31. The van der Waals surface area contributed by atoms with Crippen LogP contribution in [0.3, 0.4) is 0 Å². The van der Waals surface area contributed by atoms with Gasteiger partial charge < -0.3 is 28.3 Å². The maximum Gasteiger partial charge on any atom is 0.238 e. The lowest BCUT2D eigenvalue weighted by molar-refractivity contribution is -0.140. The van der Waals surface area contributed by atoms with E-state index in [0.29, 0.717) is 0 Å². The van der Waals surface area contributed by atoms with Crippen LogP contribution in [0.5, 0.6) is 0 Å². The van der Waals surface area contributed by atoms with Crippen LogP contribution < -0.4 is 28.3 Å². The zero-order valence-electron chi connectivity index (χ0n) is 14.5. The molecular weight excluding hydrogens is 330 g/mol. The molecule has 3 amide bonds. The summed E-state index contributed by atoms with van der Waals surface area (Å²) in [4.78, 5) is 58.0. The topological polar surface area (TPSA) is 201 Å². The van der Waals surface area contributed by atoms with E-state index in [4.69, 9.17) is 22.9 Å². The molecule has 0 saturated carbocycles. The lowest BCUT2D eigenvalue weighted by Crippen LogP contribution is -2.53. The van der Waals surface area contributed by atoms with Crippen LogP contribution in [-0.4, -0.2) is 47.4 Å². The number of Topliss-reactive ketones (excluding diaryl/α,β-unsaturated/α-hetero) is 2. The summed E-state index contributed by atoms with van der Waals surface area (Å²) in [5.41, 5.74) is 21.1. The number of nitrogens with two attached hydrogens (primary N) is 4. The second-order valence-electron chi connectivity index (χ2n) is 6.31. The van der Waals surface area contributed by atoms with Gasteiger partial charge in [0.2, 0.25) is 29.3 Å². The van der Waals surface area contributed by atoms with E-state index < -0.39 is 47.4 Å². The fourth-order valence-corrected chi connectivity index (χ4v) is 2.07. The molecule has 0 bridgehead atoms. The van der Waals surface area contributed by atoms with Crippen molar-refractivity contribution in [2.24, 2.45) is 28.9 Å². The highest BCUT2D eigenvalue weighted by Gasteiger charge is 2.32. The molecular formula is C15H27N5O5. The highest BCUT2D eigenvalue weighted by molar-refractivity contribution is 6.41. The van der Waals surface area contributed by atoms with E-state index in [1.54, 1.807) is 13.8 Å². The monoisotopic (exact) mass is 357 g/mol. The third kappa shape index (κ3) is 8.91. The zero-order valence-corrected chi connectivity index (χ0v) is 14.5. The number of hydrogen-bond acceptors (Lipinski definition) is 7. The number of ketones is 2. The number of hydrogen-bond donors (Lipinski definition) is 5. The van der Waals surface area contributed by atoms with E-state index in [1.807, 2.05) is 0 Å². The predicted molar refractivity (Wildman–Crippen MR) is 89.6 cm³/mol. The lowest BCUT2D eigenvalue weighted by atomic mass is 9.93. The number of rotatable bonds is 12. The van der Waals surface area contributed by atoms with Gasteiger partial charge in [-0.3, -0.25) is 24.0 Å². The Morgan fingerprint density at radius 1 is 0.880 bits per heavy atom. The molecule has 25 heavy (non-hydrogen) atoms. The average Bonchev–Trinajstić information content (AvgIpc) is 2.49. The first kappa shape index (κ1) is 22.7. The normalized spacial score (nSPS) is 14.4. The Morgan fingerprint density at radius 3 is 1.88 bits per heavy atom. The second kappa shape index (κ2) is 10.5. The minimum absolute atomic E-state index is 0.0174. The van der Waals surface area contributed by atoms with Crippen molar-refractivity contribution in [2.45, 2.75) is 57.7 Å². The summed E-state index contributed by atoms with van der Waals surface area (Å²) < 4.78 is 0. The summed E-state index contributed by atoms with van der Waals surface area (Å²) >= 11 is 0. The summed E-state index contributed by atoms with van der Waals surface area (Å²) in [5.74, 6) is -3.98. The zero-order chi connectivity index (χ0) is 19.7. The molecule has 0 radical (unpaired) electrons. The molecule has 0 unspecified atom stereocenters. The average molecular weight is 357 g/mol. The Labute approximate surface area is 146 Å². The van der Waals surface area contributed by atoms with Gasteiger partial charge in [-0.25, -0.2) is 0 Å². The Hall–Kier alpha value is -2.33. The van der Waals surface area contributed by atoms with Crippen LogP contribution in [0.4, 0.5) is 0 Å². The van der Waals surface area contributed by atoms with Gasteiger partial charge >= 0.3 is 0 Å². The van der Waals surface area contributed by atoms with Crippen molar-refractivity contribution in [3.05, 3.63) is 0 Å². The minimum Gasteiger partial charge on any atom is -0.370 e. The Bertz CT molecular complexity index is 534. The third-order valence-corrected chi connectivity index (χ3v) is 3.38. The number of primary amides is 2. The third-order valence-electron chi connectivity index (χ3n) is 3.38. The molecule has 0 spiro atoms. The van der Waals surface area contributed by atoms with Gasteiger partial charge in [0.05, 0.1) is 24.5 Å². The summed E-state index contributed by atoms with van der Waals surface area (Å²) in [6.07, 6.45) is -0.406. The molecule has 0 aliphatic rings. The maximum absolute atomic E-state index is 12.4. The molecule has 0 aliphatic carbocycles. The molecule has 0 fully saturated rings. The molecule has 0 rings (SSSR count). The van der Waals surface area contributed by atoms with Crippen molar-refractivity contribution in [2.75, 3.05) is 0 Å². The largest absolute Gasteiger partial charge is 0.370 e.